The van der Waals surface area contributed by atoms with E-state index >= 15 is 0 Å². The third-order valence-electron chi connectivity index (χ3n) is 3.40. The van der Waals surface area contributed by atoms with Crippen molar-refractivity contribution in [3.63, 3.8) is 0 Å². The summed E-state index contributed by atoms with van der Waals surface area (Å²) in [5.74, 6) is 0.905. The molecule has 1 aromatic carbocycles. The quantitative estimate of drug-likeness (QED) is 0.768. The van der Waals surface area contributed by atoms with Crippen LogP contribution in [-0.2, 0) is 6.42 Å². The maximum atomic E-state index is 5.87. The summed E-state index contributed by atoms with van der Waals surface area (Å²) < 4.78 is 0. The Balaban J connectivity index is 2.04. The highest BCUT2D eigenvalue weighted by molar-refractivity contribution is 5.30. The summed E-state index contributed by atoms with van der Waals surface area (Å²) in [5, 5.41) is 3.60. The van der Waals surface area contributed by atoms with Crippen molar-refractivity contribution >= 4 is 0 Å². The summed E-state index contributed by atoms with van der Waals surface area (Å²) in [5.41, 5.74) is 8.67. The van der Waals surface area contributed by atoms with Crippen LogP contribution in [-0.4, -0.2) is 13.1 Å². The normalized spacial score (nSPS) is 17.4. The molecule has 0 heterocycles. The van der Waals surface area contributed by atoms with Crippen molar-refractivity contribution in [1.29, 1.82) is 0 Å². The van der Waals surface area contributed by atoms with Crippen molar-refractivity contribution in [2.24, 2.45) is 11.7 Å². The molecule has 2 nitrogen and oxygen atoms in total. The van der Waals surface area contributed by atoms with Crippen molar-refractivity contribution in [2.75, 3.05) is 13.1 Å². The smallest absolute Gasteiger partial charge is 0.0447 e. The first kappa shape index (κ1) is 11.6. The van der Waals surface area contributed by atoms with Crippen molar-refractivity contribution in [3.05, 3.63) is 35.4 Å². The average molecular weight is 218 g/mol. The van der Waals surface area contributed by atoms with E-state index in [9.17, 15) is 0 Å². The number of nitrogens with one attached hydrogen (secondary N) is 1. The molecule has 1 saturated carbocycles. The minimum absolute atomic E-state index is 0.330. The van der Waals surface area contributed by atoms with Crippen molar-refractivity contribution < 1.29 is 0 Å². The van der Waals surface area contributed by atoms with E-state index in [4.69, 9.17) is 5.73 Å². The Morgan fingerprint density at radius 3 is 2.75 bits per heavy atom. The van der Waals surface area contributed by atoms with Gasteiger partial charge < -0.3 is 11.1 Å². The Morgan fingerprint density at radius 2 is 2.12 bits per heavy atom. The lowest BCUT2D eigenvalue weighted by atomic mass is 9.98. The lowest BCUT2D eigenvalue weighted by Crippen LogP contribution is -2.30. The Hall–Kier alpha value is -0.860. The van der Waals surface area contributed by atoms with E-state index in [2.05, 4.69) is 36.5 Å². The van der Waals surface area contributed by atoms with Gasteiger partial charge in [-0.05, 0) is 42.9 Å². The third kappa shape index (κ3) is 2.83. The zero-order chi connectivity index (χ0) is 11.4. The van der Waals surface area contributed by atoms with Gasteiger partial charge in [-0.15, -0.1) is 0 Å². The summed E-state index contributed by atoms with van der Waals surface area (Å²) in [7, 11) is 0. The third-order valence-corrected chi connectivity index (χ3v) is 3.40. The molecule has 0 spiro atoms. The van der Waals surface area contributed by atoms with E-state index in [1.165, 1.54) is 24.0 Å². The van der Waals surface area contributed by atoms with Gasteiger partial charge in [-0.3, -0.25) is 0 Å². The highest BCUT2D eigenvalue weighted by Crippen LogP contribution is 2.28. The lowest BCUT2D eigenvalue weighted by Gasteiger charge is -2.20. The predicted molar refractivity (Wildman–Crippen MR) is 68.3 cm³/mol. The number of benzene rings is 1. The van der Waals surface area contributed by atoms with Crippen molar-refractivity contribution in [1.82, 2.24) is 5.32 Å². The van der Waals surface area contributed by atoms with E-state index in [-0.39, 0.29) is 0 Å². The molecular formula is C14H22N2. The molecule has 16 heavy (non-hydrogen) atoms. The molecular weight excluding hydrogens is 196 g/mol. The van der Waals surface area contributed by atoms with E-state index in [1.54, 1.807) is 0 Å². The van der Waals surface area contributed by atoms with Gasteiger partial charge >= 0.3 is 0 Å². The topological polar surface area (TPSA) is 38.0 Å². The molecule has 1 fully saturated rings. The number of aryl methyl sites for hydroxylation is 1. The van der Waals surface area contributed by atoms with Crippen LogP contribution in [0, 0.1) is 5.92 Å². The predicted octanol–water partition coefficient (Wildman–Crippen LogP) is 2.25. The zero-order valence-corrected chi connectivity index (χ0v) is 10.1. The SMILES string of the molecule is CCc1ccccc1C(CN)NCC1CC1. The van der Waals surface area contributed by atoms with Gasteiger partial charge in [0.15, 0.2) is 0 Å². The Labute approximate surface area is 98.2 Å². The minimum atomic E-state index is 0.330. The second-order valence-electron chi connectivity index (χ2n) is 4.69. The molecule has 0 bridgehead atoms. The van der Waals surface area contributed by atoms with Gasteiger partial charge in [0, 0.05) is 12.6 Å². The molecule has 1 aliphatic carbocycles. The van der Waals surface area contributed by atoms with Crippen LogP contribution in [0.5, 0.6) is 0 Å². The Kier molecular flexibility index (Phi) is 3.97. The first-order valence-corrected chi connectivity index (χ1v) is 6.36. The van der Waals surface area contributed by atoms with Crippen LogP contribution < -0.4 is 11.1 Å². The first-order chi connectivity index (χ1) is 7.85. The second-order valence-corrected chi connectivity index (χ2v) is 4.69. The fourth-order valence-electron chi connectivity index (χ4n) is 2.15. The van der Waals surface area contributed by atoms with Crippen molar-refractivity contribution in [3.8, 4) is 0 Å². The number of hydrogen-bond acceptors (Lipinski definition) is 2. The molecule has 1 aromatic rings. The van der Waals surface area contributed by atoms with Gasteiger partial charge in [0.1, 0.15) is 0 Å². The van der Waals surface area contributed by atoms with Crippen LogP contribution in [0.1, 0.15) is 36.9 Å². The highest BCUT2D eigenvalue weighted by Gasteiger charge is 2.22. The maximum absolute atomic E-state index is 5.87. The van der Waals surface area contributed by atoms with Crippen molar-refractivity contribution in [2.45, 2.75) is 32.2 Å². The molecule has 1 aliphatic rings. The minimum Gasteiger partial charge on any atom is -0.329 e. The van der Waals surface area contributed by atoms with E-state index < -0.39 is 0 Å². The molecule has 2 heteroatoms. The Bertz CT molecular complexity index is 331. The second kappa shape index (κ2) is 5.46. The van der Waals surface area contributed by atoms with E-state index in [0.717, 1.165) is 18.9 Å². The van der Waals surface area contributed by atoms with Gasteiger partial charge in [0.05, 0.1) is 0 Å². The molecule has 0 amide bonds. The van der Waals surface area contributed by atoms with Gasteiger partial charge in [0.25, 0.3) is 0 Å². The summed E-state index contributed by atoms with van der Waals surface area (Å²) >= 11 is 0. The van der Waals surface area contributed by atoms with Gasteiger partial charge in [-0.25, -0.2) is 0 Å². The summed E-state index contributed by atoms with van der Waals surface area (Å²) in [6, 6.07) is 8.96. The van der Waals surface area contributed by atoms with Crippen LogP contribution in [0.4, 0.5) is 0 Å². The summed E-state index contributed by atoms with van der Waals surface area (Å²) in [6.45, 7) is 4.01. The highest BCUT2D eigenvalue weighted by atomic mass is 14.9. The summed E-state index contributed by atoms with van der Waals surface area (Å²) in [4.78, 5) is 0. The number of rotatable bonds is 6. The summed E-state index contributed by atoms with van der Waals surface area (Å²) in [6.07, 6.45) is 3.86. The molecule has 0 aromatic heterocycles. The molecule has 3 N–H and O–H groups in total. The molecule has 0 aliphatic heterocycles. The molecule has 0 radical (unpaired) electrons. The largest absolute Gasteiger partial charge is 0.329 e. The standard InChI is InChI=1S/C14H22N2/c1-2-12-5-3-4-6-13(12)14(9-15)16-10-11-7-8-11/h3-6,11,14,16H,2,7-10,15H2,1H3. The maximum Gasteiger partial charge on any atom is 0.0447 e. The Morgan fingerprint density at radius 1 is 1.38 bits per heavy atom. The lowest BCUT2D eigenvalue weighted by molar-refractivity contribution is 0.519. The monoisotopic (exact) mass is 218 g/mol. The fourth-order valence-corrected chi connectivity index (χ4v) is 2.15. The van der Waals surface area contributed by atoms with Crippen LogP contribution >= 0.6 is 0 Å². The van der Waals surface area contributed by atoms with Crippen LogP contribution in [0.2, 0.25) is 0 Å². The molecule has 2 rings (SSSR count). The molecule has 0 saturated heterocycles. The molecule has 88 valence electrons. The van der Waals surface area contributed by atoms with E-state index in [1.807, 2.05) is 0 Å². The fraction of sp³-hybridized carbons (Fsp3) is 0.571. The first-order valence-electron chi connectivity index (χ1n) is 6.36. The average Bonchev–Trinajstić information content (AvgIpc) is 3.14. The molecule has 1 unspecified atom stereocenters. The number of nitrogens with two attached hydrogens (primary N) is 1. The number of hydrogen-bond donors (Lipinski definition) is 2. The van der Waals surface area contributed by atoms with Gasteiger partial charge in [0.2, 0.25) is 0 Å². The van der Waals surface area contributed by atoms with Crippen LogP contribution in [0.3, 0.4) is 0 Å². The zero-order valence-electron chi connectivity index (χ0n) is 10.1. The molecule has 1 atom stereocenters. The van der Waals surface area contributed by atoms with Crippen LogP contribution in [0.15, 0.2) is 24.3 Å². The van der Waals surface area contributed by atoms with E-state index in [0.29, 0.717) is 12.6 Å². The van der Waals surface area contributed by atoms with Crippen LogP contribution in [0.25, 0.3) is 0 Å². The van der Waals surface area contributed by atoms with Gasteiger partial charge in [-0.2, -0.15) is 0 Å². The van der Waals surface area contributed by atoms with Gasteiger partial charge in [-0.1, -0.05) is 31.2 Å².